The van der Waals surface area contributed by atoms with E-state index in [9.17, 15) is 13.2 Å². The van der Waals surface area contributed by atoms with E-state index in [2.05, 4.69) is 10.3 Å². The Labute approximate surface area is 131 Å². The lowest BCUT2D eigenvalue weighted by molar-refractivity contribution is 0.102. The molecule has 2 heterocycles. The predicted octanol–water partition coefficient (Wildman–Crippen LogP) is 2.61. The Kier molecular flexibility index (Phi) is 3.95. The minimum Gasteiger partial charge on any atom is -0.319 e. The number of carbonyl (C=O) groups excluding carboxylic acids is 1. The molecule has 3 rings (SSSR count). The van der Waals surface area contributed by atoms with Crippen LogP contribution in [0.5, 0.6) is 0 Å². The van der Waals surface area contributed by atoms with Crippen molar-refractivity contribution in [3.05, 3.63) is 58.2 Å². The molecule has 6 nitrogen and oxygen atoms in total. The number of anilines is 1. The largest absolute Gasteiger partial charge is 0.319 e. The van der Waals surface area contributed by atoms with Crippen LogP contribution in [0, 0.1) is 0 Å². The number of carbonyl (C=O) groups is 1. The number of rotatable bonds is 4. The third-order valence-corrected chi connectivity index (χ3v) is 5.69. The molecule has 0 bridgehead atoms. The van der Waals surface area contributed by atoms with Gasteiger partial charge in [-0.15, -0.1) is 11.3 Å². The first-order valence-electron chi connectivity index (χ1n) is 6.57. The molecule has 114 valence electrons. The smallest absolute Gasteiger partial charge is 0.284 e. The quantitative estimate of drug-likeness (QED) is 0.931. The number of hydrogen-bond acceptors (Lipinski definition) is 5. The molecule has 0 unspecified atom stereocenters. The maximum absolute atomic E-state index is 12.5. The fourth-order valence-electron chi connectivity index (χ4n) is 2.05. The minimum atomic E-state index is -3.57. The summed E-state index contributed by atoms with van der Waals surface area (Å²) in [5.74, 6) is -0.357. The summed E-state index contributed by atoms with van der Waals surface area (Å²) in [5.41, 5.74) is 0.413. The monoisotopic (exact) mass is 335 g/mol. The highest BCUT2D eigenvalue weighted by Gasteiger charge is 2.20. The number of amides is 1. The number of nitrogens with zero attached hydrogens (tertiary/aromatic N) is 2. The van der Waals surface area contributed by atoms with E-state index in [1.807, 2.05) is 6.08 Å². The SMILES string of the molecule is O=C(Nc1ccn(S(=O)(=O)C2=CC=CCC2)c1)c1nccs1. The molecule has 0 radical (unpaired) electrons. The van der Waals surface area contributed by atoms with E-state index < -0.39 is 10.0 Å². The van der Waals surface area contributed by atoms with Gasteiger partial charge in [0.15, 0.2) is 5.01 Å². The van der Waals surface area contributed by atoms with E-state index in [0.29, 0.717) is 28.4 Å². The van der Waals surface area contributed by atoms with Gasteiger partial charge in [0.25, 0.3) is 15.9 Å². The molecule has 0 fully saturated rings. The molecule has 1 N–H and O–H groups in total. The molecule has 0 spiro atoms. The lowest BCUT2D eigenvalue weighted by Gasteiger charge is -2.10. The first kappa shape index (κ1) is 14.7. The van der Waals surface area contributed by atoms with Crippen molar-refractivity contribution in [3.63, 3.8) is 0 Å². The fourth-order valence-corrected chi connectivity index (χ4v) is 3.95. The third-order valence-electron chi connectivity index (χ3n) is 3.14. The van der Waals surface area contributed by atoms with Gasteiger partial charge in [-0.05, 0) is 25.0 Å². The van der Waals surface area contributed by atoms with Gasteiger partial charge < -0.3 is 5.32 Å². The van der Waals surface area contributed by atoms with Gasteiger partial charge in [-0.25, -0.2) is 17.4 Å². The van der Waals surface area contributed by atoms with Crippen molar-refractivity contribution in [2.24, 2.45) is 0 Å². The third kappa shape index (κ3) is 2.88. The van der Waals surface area contributed by atoms with Crippen LogP contribution in [0.4, 0.5) is 5.69 Å². The fraction of sp³-hybridized carbons (Fsp3) is 0.143. The second kappa shape index (κ2) is 5.90. The number of hydrogen-bond donors (Lipinski definition) is 1. The van der Waals surface area contributed by atoms with E-state index in [-0.39, 0.29) is 5.91 Å². The first-order valence-corrected chi connectivity index (χ1v) is 8.89. The summed E-state index contributed by atoms with van der Waals surface area (Å²) < 4.78 is 26.0. The van der Waals surface area contributed by atoms with E-state index in [1.165, 1.54) is 29.9 Å². The molecule has 0 saturated heterocycles. The summed E-state index contributed by atoms with van der Waals surface area (Å²) in [6.07, 6.45) is 10.8. The average molecular weight is 335 g/mol. The molecular weight excluding hydrogens is 322 g/mol. The number of nitrogens with one attached hydrogen (secondary N) is 1. The van der Waals surface area contributed by atoms with Gasteiger partial charge in [0.05, 0.1) is 10.6 Å². The van der Waals surface area contributed by atoms with Gasteiger partial charge in [-0.2, -0.15) is 0 Å². The molecule has 22 heavy (non-hydrogen) atoms. The molecule has 0 aromatic carbocycles. The highest BCUT2D eigenvalue weighted by Crippen LogP contribution is 2.22. The Balaban J connectivity index is 1.80. The summed E-state index contributed by atoms with van der Waals surface area (Å²) in [7, 11) is -3.57. The van der Waals surface area contributed by atoms with Crippen LogP contribution in [0.1, 0.15) is 22.6 Å². The van der Waals surface area contributed by atoms with Crippen LogP contribution in [-0.2, 0) is 10.0 Å². The molecule has 1 amide bonds. The van der Waals surface area contributed by atoms with Crippen molar-refractivity contribution in [1.82, 2.24) is 8.96 Å². The highest BCUT2D eigenvalue weighted by molar-refractivity contribution is 7.93. The second-order valence-corrected chi connectivity index (χ2v) is 7.42. The van der Waals surface area contributed by atoms with E-state index in [4.69, 9.17) is 0 Å². The van der Waals surface area contributed by atoms with E-state index >= 15 is 0 Å². The van der Waals surface area contributed by atoms with Crippen LogP contribution in [0.25, 0.3) is 0 Å². The van der Waals surface area contributed by atoms with Crippen LogP contribution in [-0.4, -0.2) is 23.3 Å². The maximum Gasteiger partial charge on any atom is 0.284 e. The van der Waals surface area contributed by atoms with Gasteiger partial charge in [0.1, 0.15) is 0 Å². The molecule has 0 saturated carbocycles. The molecule has 1 aliphatic rings. The van der Waals surface area contributed by atoms with Crippen LogP contribution < -0.4 is 5.32 Å². The topological polar surface area (TPSA) is 81.1 Å². The van der Waals surface area contributed by atoms with Gasteiger partial charge in [0, 0.05) is 24.0 Å². The van der Waals surface area contributed by atoms with Crippen molar-refractivity contribution >= 4 is 33.0 Å². The summed E-state index contributed by atoms with van der Waals surface area (Å²) in [5, 5.41) is 4.66. The zero-order valence-electron chi connectivity index (χ0n) is 11.5. The van der Waals surface area contributed by atoms with Gasteiger partial charge in [-0.1, -0.05) is 12.2 Å². The van der Waals surface area contributed by atoms with Crippen molar-refractivity contribution in [1.29, 1.82) is 0 Å². The average Bonchev–Trinajstić information content (AvgIpc) is 3.19. The summed E-state index contributed by atoms with van der Waals surface area (Å²) in [6.45, 7) is 0. The first-order chi connectivity index (χ1) is 10.6. The highest BCUT2D eigenvalue weighted by atomic mass is 32.2. The van der Waals surface area contributed by atoms with Gasteiger partial charge in [0.2, 0.25) is 0 Å². The zero-order valence-corrected chi connectivity index (χ0v) is 13.1. The zero-order chi connectivity index (χ0) is 15.6. The Morgan fingerprint density at radius 1 is 1.41 bits per heavy atom. The Hall–Kier alpha value is -2.19. The van der Waals surface area contributed by atoms with Gasteiger partial charge in [-0.3, -0.25) is 4.79 Å². The Bertz CT molecular complexity index is 846. The molecule has 2 aromatic rings. The molecule has 1 aliphatic carbocycles. The van der Waals surface area contributed by atoms with Gasteiger partial charge >= 0.3 is 0 Å². The Morgan fingerprint density at radius 3 is 2.95 bits per heavy atom. The molecule has 8 heteroatoms. The van der Waals surface area contributed by atoms with E-state index in [1.54, 1.807) is 23.6 Å². The number of thiazole rings is 1. The van der Waals surface area contributed by atoms with Crippen molar-refractivity contribution in [3.8, 4) is 0 Å². The van der Waals surface area contributed by atoms with Crippen molar-refractivity contribution in [2.45, 2.75) is 12.8 Å². The normalized spacial score (nSPS) is 14.6. The standard InChI is InChI=1S/C14H13N3O3S2/c18-13(14-15-7-9-21-14)16-11-6-8-17(10-11)22(19,20)12-4-2-1-3-5-12/h1-2,4,6-10H,3,5H2,(H,16,18). The summed E-state index contributed by atoms with van der Waals surface area (Å²) in [4.78, 5) is 16.2. The maximum atomic E-state index is 12.5. The lowest BCUT2D eigenvalue weighted by Crippen LogP contribution is -2.14. The Morgan fingerprint density at radius 2 is 2.27 bits per heavy atom. The second-order valence-electron chi connectivity index (χ2n) is 4.63. The van der Waals surface area contributed by atoms with Crippen LogP contribution in [0.3, 0.4) is 0 Å². The molecule has 0 atom stereocenters. The summed E-state index contributed by atoms with van der Waals surface area (Å²) >= 11 is 1.22. The lowest BCUT2D eigenvalue weighted by atomic mass is 10.2. The molecule has 2 aromatic heterocycles. The number of allylic oxidation sites excluding steroid dienone is 4. The van der Waals surface area contributed by atoms with Crippen molar-refractivity contribution in [2.75, 3.05) is 5.32 Å². The van der Waals surface area contributed by atoms with Crippen LogP contribution >= 0.6 is 11.3 Å². The van der Waals surface area contributed by atoms with Crippen LogP contribution in [0.2, 0.25) is 0 Å². The van der Waals surface area contributed by atoms with E-state index in [0.717, 1.165) is 3.97 Å². The van der Waals surface area contributed by atoms with Crippen molar-refractivity contribution < 1.29 is 13.2 Å². The predicted molar refractivity (Wildman–Crippen MR) is 85.3 cm³/mol. The van der Waals surface area contributed by atoms with Crippen LogP contribution in [0.15, 0.2) is 53.2 Å². The minimum absolute atomic E-state index is 0.329. The summed E-state index contributed by atoms with van der Waals surface area (Å²) in [6, 6.07) is 1.54. The number of aromatic nitrogens is 2. The molecule has 0 aliphatic heterocycles. The molecular formula is C14H13N3O3S2.